The lowest BCUT2D eigenvalue weighted by Gasteiger charge is -2.29. The van der Waals surface area contributed by atoms with Crippen molar-refractivity contribution in [2.45, 2.75) is 50.6 Å². The number of fused-ring (bicyclic) bond motifs is 1. The number of hydrogen-bond acceptors (Lipinski definition) is 2. The van der Waals surface area contributed by atoms with Crippen LogP contribution >= 0.6 is 0 Å². The van der Waals surface area contributed by atoms with Crippen molar-refractivity contribution in [3.63, 3.8) is 0 Å². The fourth-order valence-electron chi connectivity index (χ4n) is 3.52. The minimum absolute atomic E-state index is 0.309. The zero-order valence-corrected chi connectivity index (χ0v) is 10.5. The van der Waals surface area contributed by atoms with E-state index >= 15 is 0 Å². The summed E-state index contributed by atoms with van der Waals surface area (Å²) >= 11 is 0. The normalized spacial score (nSPS) is 31.5. The minimum atomic E-state index is 0.309. The van der Waals surface area contributed by atoms with Crippen LogP contribution in [0, 0.1) is 0 Å². The predicted molar refractivity (Wildman–Crippen MR) is 67.0 cm³/mol. The summed E-state index contributed by atoms with van der Waals surface area (Å²) in [5, 5.41) is 3.39. The van der Waals surface area contributed by atoms with Gasteiger partial charge in [-0.15, -0.1) is 0 Å². The maximum atomic E-state index is 12.4. The molecule has 1 saturated carbocycles. The van der Waals surface area contributed by atoms with Gasteiger partial charge in [-0.2, -0.15) is 0 Å². The van der Waals surface area contributed by atoms with Gasteiger partial charge in [0.1, 0.15) is 0 Å². The van der Waals surface area contributed by atoms with Crippen molar-refractivity contribution in [2.75, 3.05) is 26.2 Å². The number of urea groups is 1. The van der Waals surface area contributed by atoms with Crippen molar-refractivity contribution in [3.05, 3.63) is 0 Å². The highest BCUT2D eigenvalue weighted by atomic mass is 16.2. The first-order chi connectivity index (χ1) is 8.36. The highest BCUT2D eigenvalue weighted by Gasteiger charge is 2.41. The Bertz CT molecular complexity index is 286. The fourth-order valence-corrected chi connectivity index (χ4v) is 3.52. The van der Waals surface area contributed by atoms with E-state index in [0.29, 0.717) is 18.1 Å². The van der Waals surface area contributed by atoms with Crippen LogP contribution < -0.4 is 5.32 Å². The number of carbonyl (C=O) groups is 1. The van der Waals surface area contributed by atoms with E-state index in [-0.39, 0.29) is 0 Å². The molecule has 1 atom stereocenters. The number of nitrogens with zero attached hydrogens (tertiary/aromatic N) is 2. The van der Waals surface area contributed by atoms with E-state index in [1.54, 1.807) is 0 Å². The molecule has 17 heavy (non-hydrogen) atoms. The Labute approximate surface area is 103 Å². The van der Waals surface area contributed by atoms with Crippen molar-refractivity contribution >= 4 is 6.03 Å². The Morgan fingerprint density at radius 1 is 1.00 bits per heavy atom. The molecule has 3 fully saturated rings. The quantitative estimate of drug-likeness (QED) is 0.700. The molecule has 0 aromatic rings. The maximum absolute atomic E-state index is 12.4. The molecule has 4 heteroatoms. The number of rotatable bonds is 1. The van der Waals surface area contributed by atoms with Gasteiger partial charge in [-0.3, -0.25) is 0 Å². The zero-order chi connectivity index (χ0) is 11.7. The summed E-state index contributed by atoms with van der Waals surface area (Å²) in [7, 11) is 0. The van der Waals surface area contributed by atoms with E-state index in [9.17, 15) is 4.79 Å². The molecule has 2 amide bonds. The molecule has 0 spiro atoms. The first-order valence-corrected chi connectivity index (χ1v) is 7.14. The van der Waals surface area contributed by atoms with Crippen LogP contribution in [0.5, 0.6) is 0 Å². The first-order valence-electron chi connectivity index (χ1n) is 7.14. The van der Waals surface area contributed by atoms with Gasteiger partial charge in [0.25, 0.3) is 0 Å². The SMILES string of the molecule is O=C1N(C2CCCCCC2)C[C@@H]2CNCCN12. The smallest absolute Gasteiger partial charge is 0.320 e. The van der Waals surface area contributed by atoms with Gasteiger partial charge < -0.3 is 15.1 Å². The molecule has 2 heterocycles. The molecule has 4 nitrogen and oxygen atoms in total. The third-order valence-corrected chi connectivity index (χ3v) is 4.51. The maximum Gasteiger partial charge on any atom is 0.320 e. The monoisotopic (exact) mass is 237 g/mol. The number of piperazine rings is 1. The van der Waals surface area contributed by atoms with Crippen LogP contribution in [0.2, 0.25) is 0 Å². The summed E-state index contributed by atoms with van der Waals surface area (Å²) in [6.07, 6.45) is 7.76. The third kappa shape index (κ3) is 2.15. The molecule has 1 N–H and O–H groups in total. The molecular formula is C13H23N3O. The average molecular weight is 237 g/mol. The standard InChI is InChI=1S/C13H23N3O/c17-13-15-8-7-14-9-12(15)10-16(13)11-5-3-1-2-4-6-11/h11-12,14H,1-10H2/t12-/m0/s1. The van der Waals surface area contributed by atoms with Gasteiger partial charge in [-0.1, -0.05) is 25.7 Å². The summed E-state index contributed by atoms with van der Waals surface area (Å²) in [5.74, 6) is 0. The van der Waals surface area contributed by atoms with Crippen LogP contribution in [0.25, 0.3) is 0 Å². The van der Waals surface area contributed by atoms with Crippen molar-refractivity contribution < 1.29 is 4.79 Å². The lowest BCUT2D eigenvalue weighted by Crippen LogP contribution is -2.50. The van der Waals surface area contributed by atoms with Crippen molar-refractivity contribution in [2.24, 2.45) is 0 Å². The average Bonchev–Trinajstić information content (AvgIpc) is 2.57. The fraction of sp³-hybridized carbons (Fsp3) is 0.923. The van der Waals surface area contributed by atoms with Gasteiger partial charge in [0, 0.05) is 32.2 Å². The summed E-state index contributed by atoms with van der Waals surface area (Å²) in [6, 6.07) is 1.26. The molecule has 96 valence electrons. The predicted octanol–water partition coefficient (Wildman–Crippen LogP) is 1.42. The van der Waals surface area contributed by atoms with Crippen molar-refractivity contribution in [3.8, 4) is 0 Å². The molecule has 2 saturated heterocycles. The number of amides is 2. The first kappa shape index (κ1) is 11.3. The molecular weight excluding hydrogens is 214 g/mol. The summed E-state index contributed by atoms with van der Waals surface area (Å²) in [6.45, 7) is 3.79. The number of carbonyl (C=O) groups excluding carboxylic acids is 1. The Morgan fingerprint density at radius 2 is 1.76 bits per heavy atom. The van der Waals surface area contributed by atoms with Crippen LogP contribution in [0.1, 0.15) is 38.5 Å². The zero-order valence-electron chi connectivity index (χ0n) is 10.5. The summed E-state index contributed by atoms with van der Waals surface area (Å²) < 4.78 is 0. The second kappa shape index (κ2) is 4.84. The summed E-state index contributed by atoms with van der Waals surface area (Å²) in [4.78, 5) is 16.6. The molecule has 0 aromatic heterocycles. The molecule has 3 rings (SSSR count). The van der Waals surface area contributed by atoms with Crippen LogP contribution in [-0.4, -0.2) is 54.1 Å². The van der Waals surface area contributed by atoms with E-state index in [1.165, 1.54) is 38.5 Å². The van der Waals surface area contributed by atoms with E-state index in [2.05, 4.69) is 15.1 Å². The molecule has 0 aromatic carbocycles. The minimum Gasteiger partial charge on any atom is -0.320 e. The van der Waals surface area contributed by atoms with Crippen molar-refractivity contribution in [1.82, 2.24) is 15.1 Å². The second-order valence-electron chi connectivity index (χ2n) is 5.63. The van der Waals surface area contributed by atoms with Crippen molar-refractivity contribution in [1.29, 1.82) is 0 Å². The lowest BCUT2D eigenvalue weighted by atomic mass is 10.1. The van der Waals surface area contributed by atoms with E-state index in [1.807, 2.05) is 0 Å². The van der Waals surface area contributed by atoms with Gasteiger partial charge in [0.15, 0.2) is 0 Å². The Hall–Kier alpha value is -0.770. The van der Waals surface area contributed by atoms with Gasteiger partial charge in [-0.05, 0) is 12.8 Å². The Morgan fingerprint density at radius 3 is 2.47 bits per heavy atom. The largest absolute Gasteiger partial charge is 0.320 e. The van der Waals surface area contributed by atoms with Gasteiger partial charge >= 0.3 is 6.03 Å². The lowest BCUT2D eigenvalue weighted by molar-refractivity contribution is 0.166. The van der Waals surface area contributed by atoms with Crippen LogP contribution in [0.3, 0.4) is 0 Å². The molecule has 0 bridgehead atoms. The number of hydrogen-bond donors (Lipinski definition) is 1. The second-order valence-corrected chi connectivity index (χ2v) is 5.63. The highest BCUT2D eigenvalue weighted by Crippen LogP contribution is 2.27. The van der Waals surface area contributed by atoms with Gasteiger partial charge in [0.2, 0.25) is 0 Å². The topological polar surface area (TPSA) is 35.6 Å². The molecule has 0 radical (unpaired) electrons. The van der Waals surface area contributed by atoms with Gasteiger partial charge in [-0.25, -0.2) is 4.79 Å². The number of nitrogens with one attached hydrogen (secondary N) is 1. The third-order valence-electron chi connectivity index (χ3n) is 4.51. The molecule has 3 aliphatic rings. The molecule has 2 aliphatic heterocycles. The van der Waals surface area contributed by atoms with E-state index < -0.39 is 0 Å². The Kier molecular flexibility index (Phi) is 3.23. The molecule has 1 aliphatic carbocycles. The van der Waals surface area contributed by atoms with Crippen LogP contribution in [-0.2, 0) is 0 Å². The van der Waals surface area contributed by atoms with Gasteiger partial charge in [0.05, 0.1) is 6.04 Å². The van der Waals surface area contributed by atoms with E-state index in [4.69, 9.17) is 0 Å². The van der Waals surface area contributed by atoms with E-state index in [0.717, 1.165) is 26.2 Å². The van der Waals surface area contributed by atoms with Crippen LogP contribution in [0.15, 0.2) is 0 Å². The highest BCUT2D eigenvalue weighted by molar-refractivity contribution is 5.77. The molecule has 0 unspecified atom stereocenters. The van der Waals surface area contributed by atoms with Crippen LogP contribution in [0.4, 0.5) is 4.79 Å². The Balaban J connectivity index is 1.68. The summed E-state index contributed by atoms with van der Waals surface area (Å²) in [5.41, 5.74) is 0.